The lowest BCUT2D eigenvalue weighted by Gasteiger charge is -2.31. The maximum atomic E-state index is 12.5. The van der Waals surface area contributed by atoms with Crippen LogP contribution in [0.5, 0.6) is 0 Å². The molecule has 0 aromatic heterocycles. The number of carbonyl (C=O) groups is 1. The Bertz CT molecular complexity index is 284. The molecule has 1 saturated heterocycles. The predicted octanol–water partition coefficient (Wildman–Crippen LogP) is 1.37. The number of nitrogens with zero attached hydrogens (tertiary/aromatic N) is 1. The van der Waals surface area contributed by atoms with Gasteiger partial charge in [0.25, 0.3) is 0 Å². The quantitative estimate of drug-likeness (QED) is 0.767. The van der Waals surface area contributed by atoms with Gasteiger partial charge in [-0.25, -0.2) is 0 Å². The van der Waals surface area contributed by atoms with Crippen LogP contribution in [0.15, 0.2) is 0 Å². The lowest BCUT2D eigenvalue weighted by atomic mass is 9.94. The van der Waals surface area contributed by atoms with E-state index in [9.17, 15) is 4.79 Å². The van der Waals surface area contributed by atoms with Gasteiger partial charge in [-0.15, -0.1) is 0 Å². The van der Waals surface area contributed by atoms with E-state index >= 15 is 0 Å². The van der Waals surface area contributed by atoms with Gasteiger partial charge in [-0.05, 0) is 50.5 Å². The monoisotopic (exact) mass is 222 g/mol. The molecule has 3 aliphatic rings. The molecule has 0 aromatic carbocycles. The second-order valence-electron chi connectivity index (χ2n) is 5.86. The number of hydrogen-bond donors (Lipinski definition) is 1. The fraction of sp³-hybridized carbons (Fsp3) is 0.923. The maximum Gasteiger partial charge on any atom is 0.226 e. The molecule has 2 unspecified atom stereocenters. The van der Waals surface area contributed by atoms with Crippen molar-refractivity contribution in [2.24, 2.45) is 23.5 Å². The fourth-order valence-electron chi connectivity index (χ4n) is 4.05. The maximum absolute atomic E-state index is 12.5. The highest BCUT2D eigenvalue weighted by molar-refractivity contribution is 5.80. The summed E-state index contributed by atoms with van der Waals surface area (Å²) in [4.78, 5) is 14.7. The lowest BCUT2D eigenvalue weighted by molar-refractivity contribution is -0.138. The van der Waals surface area contributed by atoms with E-state index in [4.69, 9.17) is 5.73 Å². The lowest BCUT2D eigenvalue weighted by Crippen LogP contribution is -2.43. The van der Waals surface area contributed by atoms with Crippen molar-refractivity contribution in [1.29, 1.82) is 0 Å². The first kappa shape index (κ1) is 10.6. The molecule has 2 N–H and O–H groups in total. The van der Waals surface area contributed by atoms with Gasteiger partial charge in [-0.2, -0.15) is 0 Å². The SMILES string of the molecule is NC[C@H]1CCC[C@H]1C(=O)N1CC2CCC1C2. The van der Waals surface area contributed by atoms with E-state index in [1.807, 2.05) is 0 Å². The summed E-state index contributed by atoms with van der Waals surface area (Å²) in [5, 5.41) is 0. The Hall–Kier alpha value is -0.570. The molecule has 1 aliphatic heterocycles. The van der Waals surface area contributed by atoms with Crippen LogP contribution in [0.1, 0.15) is 38.5 Å². The molecule has 3 heteroatoms. The average molecular weight is 222 g/mol. The van der Waals surface area contributed by atoms with E-state index < -0.39 is 0 Å². The molecule has 1 amide bonds. The number of rotatable bonds is 2. The topological polar surface area (TPSA) is 46.3 Å². The normalized spacial score (nSPS) is 41.9. The molecule has 2 saturated carbocycles. The van der Waals surface area contributed by atoms with Gasteiger partial charge in [0, 0.05) is 18.5 Å². The van der Waals surface area contributed by atoms with Crippen LogP contribution in [0.3, 0.4) is 0 Å². The molecule has 3 rings (SSSR count). The number of likely N-dealkylation sites (tertiary alicyclic amines) is 1. The predicted molar refractivity (Wildman–Crippen MR) is 62.7 cm³/mol. The highest BCUT2D eigenvalue weighted by Gasteiger charge is 2.44. The molecular weight excluding hydrogens is 200 g/mol. The summed E-state index contributed by atoms with van der Waals surface area (Å²) in [5.74, 6) is 1.96. The van der Waals surface area contributed by atoms with E-state index in [0.29, 0.717) is 24.4 Å². The van der Waals surface area contributed by atoms with Gasteiger partial charge < -0.3 is 10.6 Å². The van der Waals surface area contributed by atoms with Crippen molar-refractivity contribution < 1.29 is 4.79 Å². The molecule has 0 spiro atoms. The Kier molecular flexibility index (Phi) is 2.66. The molecular formula is C13H22N2O. The summed E-state index contributed by atoms with van der Waals surface area (Å²) in [6.07, 6.45) is 7.30. The number of fused-ring (bicyclic) bond motifs is 2. The van der Waals surface area contributed by atoms with Crippen molar-refractivity contribution in [3.8, 4) is 0 Å². The number of piperidine rings is 1. The van der Waals surface area contributed by atoms with Gasteiger partial charge in [-0.1, -0.05) is 6.42 Å². The first-order chi connectivity index (χ1) is 7.79. The van der Waals surface area contributed by atoms with Crippen LogP contribution in [-0.2, 0) is 4.79 Å². The van der Waals surface area contributed by atoms with Gasteiger partial charge in [0.1, 0.15) is 0 Å². The molecule has 3 fully saturated rings. The van der Waals surface area contributed by atoms with Gasteiger partial charge in [-0.3, -0.25) is 4.79 Å². The third-order valence-electron chi connectivity index (χ3n) is 4.97. The molecule has 4 atom stereocenters. The van der Waals surface area contributed by atoms with Crippen molar-refractivity contribution in [1.82, 2.24) is 4.90 Å². The first-order valence-corrected chi connectivity index (χ1v) is 6.80. The van der Waals surface area contributed by atoms with Gasteiger partial charge in [0.05, 0.1) is 0 Å². The van der Waals surface area contributed by atoms with Gasteiger partial charge in [0.15, 0.2) is 0 Å². The molecule has 16 heavy (non-hydrogen) atoms. The third kappa shape index (κ3) is 1.56. The van der Waals surface area contributed by atoms with Crippen LogP contribution in [0.4, 0.5) is 0 Å². The second-order valence-corrected chi connectivity index (χ2v) is 5.86. The highest BCUT2D eigenvalue weighted by atomic mass is 16.2. The summed E-state index contributed by atoms with van der Waals surface area (Å²) < 4.78 is 0. The second kappa shape index (κ2) is 4.02. The zero-order valence-electron chi connectivity index (χ0n) is 9.90. The van der Waals surface area contributed by atoms with Crippen molar-refractivity contribution in [3.05, 3.63) is 0 Å². The zero-order valence-corrected chi connectivity index (χ0v) is 9.90. The van der Waals surface area contributed by atoms with Crippen LogP contribution < -0.4 is 5.73 Å². The van der Waals surface area contributed by atoms with Crippen LogP contribution in [-0.4, -0.2) is 29.9 Å². The summed E-state index contributed by atoms with van der Waals surface area (Å²) in [5.41, 5.74) is 5.77. The largest absolute Gasteiger partial charge is 0.339 e. The van der Waals surface area contributed by atoms with E-state index in [1.165, 1.54) is 25.7 Å². The van der Waals surface area contributed by atoms with E-state index in [1.54, 1.807) is 0 Å². The summed E-state index contributed by atoms with van der Waals surface area (Å²) in [7, 11) is 0. The first-order valence-electron chi connectivity index (χ1n) is 6.80. The number of nitrogens with two attached hydrogens (primary N) is 1. The molecule has 2 aliphatic carbocycles. The zero-order chi connectivity index (χ0) is 11.1. The van der Waals surface area contributed by atoms with E-state index in [2.05, 4.69) is 4.90 Å². The van der Waals surface area contributed by atoms with Gasteiger partial charge >= 0.3 is 0 Å². The van der Waals surface area contributed by atoms with Crippen LogP contribution in [0.2, 0.25) is 0 Å². The Morgan fingerprint density at radius 1 is 1.25 bits per heavy atom. The third-order valence-corrected chi connectivity index (χ3v) is 4.97. The molecule has 2 bridgehead atoms. The van der Waals surface area contributed by atoms with E-state index in [-0.39, 0.29) is 5.92 Å². The van der Waals surface area contributed by atoms with Gasteiger partial charge in [0.2, 0.25) is 5.91 Å². The molecule has 3 nitrogen and oxygen atoms in total. The molecule has 90 valence electrons. The minimum Gasteiger partial charge on any atom is -0.339 e. The summed E-state index contributed by atoms with van der Waals surface area (Å²) in [6.45, 7) is 1.73. The Morgan fingerprint density at radius 3 is 2.75 bits per heavy atom. The van der Waals surface area contributed by atoms with Crippen LogP contribution in [0.25, 0.3) is 0 Å². The Morgan fingerprint density at radius 2 is 2.12 bits per heavy atom. The minimum absolute atomic E-state index is 0.254. The van der Waals surface area contributed by atoms with Crippen molar-refractivity contribution in [3.63, 3.8) is 0 Å². The molecule has 0 aromatic rings. The van der Waals surface area contributed by atoms with E-state index in [0.717, 1.165) is 25.3 Å². The van der Waals surface area contributed by atoms with Crippen LogP contribution in [0, 0.1) is 17.8 Å². The molecule has 1 heterocycles. The number of carbonyl (C=O) groups excluding carboxylic acids is 1. The minimum atomic E-state index is 0.254. The van der Waals surface area contributed by atoms with Crippen molar-refractivity contribution >= 4 is 5.91 Å². The van der Waals surface area contributed by atoms with Crippen LogP contribution >= 0.6 is 0 Å². The number of hydrogen-bond acceptors (Lipinski definition) is 2. The average Bonchev–Trinajstić information content (AvgIpc) is 3.02. The number of amides is 1. The fourth-order valence-corrected chi connectivity index (χ4v) is 4.05. The Balaban J connectivity index is 1.68. The summed E-state index contributed by atoms with van der Waals surface area (Å²) in [6, 6.07) is 0.580. The Labute approximate surface area is 97.4 Å². The standard InChI is InChI=1S/C13H22N2O/c14-7-10-2-1-3-12(10)13(16)15-8-9-4-5-11(15)6-9/h9-12H,1-8,14H2/t9?,10-,11?,12-/m1/s1. The highest BCUT2D eigenvalue weighted by Crippen LogP contribution is 2.40. The molecule has 0 radical (unpaired) electrons. The van der Waals surface area contributed by atoms with Crippen molar-refractivity contribution in [2.45, 2.75) is 44.6 Å². The summed E-state index contributed by atoms with van der Waals surface area (Å²) >= 11 is 0. The van der Waals surface area contributed by atoms with Crippen molar-refractivity contribution in [2.75, 3.05) is 13.1 Å². The smallest absolute Gasteiger partial charge is 0.226 e.